The van der Waals surface area contributed by atoms with Crippen LogP contribution in [0.5, 0.6) is 0 Å². The summed E-state index contributed by atoms with van der Waals surface area (Å²) in [6.45, 7) is 0. The first-order valence-electron chi connectivity index (χ1n) is 6.99. The molecule has 1 aromatic rings. The second-order valence-corrected chi connectivity index (χ2v) is 5.16. The third-order valence-electron chi connectivity index (χ3n) is 3.54. The van der Waals surface area contributed by atoms with Crippen LogP contribution in [0.1, 0.15) is 32.1 Å². The zero-order valence-corrected chi connectivity index (χ0v) is 11.3. The fourth-order valence-electron chi connectivity index (χ4n) is 2.51. The smallest absolute Gasteiger partial charge is 0.321 e. The standard InChI is InChI=1S/C15H20N2O3/c18-14(17-12-6-2-1-3-7-12)10-13(15(19)20)16-11-8-4-5-9-11/h1-3,6-7,11,13,16H,4-5,8-10H2,(H,17,18)(H,19,20)/t13-/m0/s1. The van der Waals surface area contributed by atoms with E-state index in [1.54, 1.807) is 12.1 Å². The lowest BCUT2D eigenvalue weighted by Crippen LogP contribution is -2.44. The van der Waals surface area contributed by atoms with Crippen molar-refractivity contribution in [3.8, 4) is 0 Å². The van der Waals surface area contributed by atoms with E-state index >= 15 is 0 Å². The normalized spacial score (nSPS) is 16.8. The number of para-hydroxylation sites is 1. The van der Waals surface area contributed by atoms with Gasteiger partial charge in [-0.3, -0.25) is 9.59 Å². The molecule has 1 atom stereocenters. The SMILES string of the molecule is O=C(C[C@H](NC1CCCC1)C(=O)O)Nc1ccccc1. The summed E-state index contributed by atoms with van der Waals surface area (Å²) in [6.07, 6.45) is 4.18. The molecule has 1 aromatic carbocycles. The van der Waals surface area contributed by atoms with Crippen molar-refractivity contribution in [2.75, 3.05) is 5.32 Å². The van der Waals surface area contributed by atoms with Gasteiger partial charge in [0.2, 0.25) is 5.91 Å². The first-order valence-corrected chi connectivity index (χ1v) is 6.99. The molecule has 0 unspecified atom stereocenters. The van der Waals surface area contributed by atoms with Crippen LogP contribution in [0.2, 0.25) is 0 Å². The van der Waals surface area contributed by atoms with Crippen LogP contribution in [0.3, 0.4) is 0 Å². The number of carbonyl (C=O) groups excluding carboxylic acids is 1. The predicted octanol–water partition coefficient (Wildman–Crippen LogP) is 2.00. The average Bonchev–Trinajstić information content (AvgIpc) is 2.92. The van der Waals surface area contributed by atoms with Gasteiger partial charge in [-0.15, -0.1) is 0 Å². The molecule has 3 N–H and O–H groups in total. The largest absolute Gasteiger partial charge is 0.480 e. The Bertz CT molecular complexity index is 455. The van der Waals surface area contributed by atoms with Gasteiger partial charge in [-0.05, 0) is 25.0 Å². The van der Waals surface area contributed by atoms with E-state index in [1.165, 1.54) is 0 Å². The number of nitrogens with one attached hydrogen (secondary N) is 2. The van der Waals surface area contributed by atoms with Crippen LogP contribution in [-0.4, -0.2) is 29.1 Å². The van der Waals surface area contributed by atoms with Crippen molar-refractivity contribution < 1.29 is 14.7 Å². The minimum absolute atomic E-state index is 0.0548. The molecule has 5 nitrogen and oxygen atoms in total. The molecule has 0 radical (unpaired) electrons. The molecule has 0 heterocycles. The summed E-state index contributed by atoms with van der Waals surface area (Å²) in [6, 6.07) is 8.46. The number of hydrogen-bond acceptors (Lipinski definition) is 3. The minimum atomic E-state index is -0.972. The summed E-state index contributed by atoms with van der Waals surface area (Å²) in [5, 5.41) is 15.0. The molecule has 108 valence electrons. The van der Waals surface area contributed by atoms with E-state index in [2.05, 4.69) is 10.6 Å². The topological polar surface area (TPSA) is 78.4 Å². The molecule has 20 heavy (non-hydrogen) atoms. The number of carboxylic acids is 1. The number of carboxylic acid groups (broad SMARTS) is 1. The van der Waals surface area contributed by atoms with Crippen LogP contribution in [0.4, 0.5) is 5.69 Å². The Balaban J connectivity index is 1.87. The quantitative estimate of drug-likeness (QED) is 0.742. The van der Waals surface area contributed by atoms with Gasteiger partial charge in [-0.25, -0.2) is 0 Å². The van der Waals surface area contributed by atoms with Gasteiger partial charge in [0.1, 0.15) is 6.04 Å². The highest BCUT2D eigenvalue weighted by molar-refractivity contribution is 5.94. The lowest BCUT2D eigenvalue weighted by molar-refractivity contribution is -0.141. The maximum atomic E-state index is 11.9. The molecule has 1 aliphatic carbocycles. The Kier molecular flexibility index (Phi) is 5.12. The van der Waals surface area contributed by atoms with Crippen LogP contribution in [0.25, 0.3) is 0 Å². The number of anilines is 1. The van der Waals surface area contributed by atoms with Gasteiger partial charge in [0, 0.05) is 11.7 Å². The molecule has 1 aliphatic rings. The van der Waals surface area contributed by atoms with Crippen molar-refractivity contribution in [2.24, 2.45) is 0 Å². The summed E-state index contributed by atoms with van der Waals surface area (Å²) < 4.78 is 0. The number of rotatable bonds is 6. The maximum Gasteiger partial charge on any atom is 0.321 e. The number of benzene rings is 1. The molecule has 0 aromatic heterocycles. The molecule has 2 rings (SSSR count). The van der Waals surface area contributed by atoms with Crippen molar-refractivity contribution in [3.05, 3.63) is 30.3 Å². The van der Waals surface area contributed by atoms with Crippen molar-refractivity contribution in [1.82, 2.24) is 5.32 Å². The first kappa shape index (κ1) is 14.5. The summed E-state index contributed by atoms with van der Waals surface area (Å²) in [4.78, 5) is 23.1. The van der Waals surface area contributed by atoms with Crippen molar-refractivity contribution in [1.29, 1.82) is 0 Å². The van der Waals surface area contributed by atoms with Crippen LogP contribution in [-0.2, 0) is 9.59 Å². The fraction of sp³-hybridized carbons (Fsp3) is 0.467. The van der Waals surface area contributed by atoms with Gasteiger partial charge in [0.15, 0.2) is 0 Å². The highest BCUT2D eigenvalue weighted by atomic mass is 16.4. The Hall–Kier alpha value is -1.88. The van der Waals surface area contributed by atoms with E-state index in [9.17, 15) is 14.7 Å². The van der Waals surface area contributed by atoms with Crippen LogP contribution in [0, 0.1) is 0 Å². The maximum absolute atomic E-state index is 11.9. The lowest BCUT2D eigenvalue weighted by Gasteiger charge is -2.19. The van der Waals surface area contributed by atoms with E-state index in [-0.39, 0.29) is 18.4 Å². The van der Waals surface area contributed by atoms with Gasteiger partial charge in [0.05, 0.1) is 6.42 Å². The highest BCUT2D eigenvalue weighted by Gasteiger charge is 2.25. The van der Waals surface area contributed by atoms with Crippen LogP contribution >= 0.6 is 0 Å². The summed E-state index contributed by atoms with van der Waals surface area (Å²) >= 11 is 0. The molecule has 0 aliphatic heterocycles. The average molecular weight is 276 g/mol. The second kappa shape index (κ2) is 7.05. The van der Waals surface area contributed by atoms with E-state index < -0.39 is 12.0 Å². The van der Waals surface area contributed by atoms with E-state index in [0.717, 1.165) is 25.7 Å². The molecule has 0 bridgehead atoms. The number of aliphatic carboxylic acids is 1. The summed E-state index contributed by atoms with van der Waals surface area (Å²) in [5.74, 6) is -1.26. The van der Waals surface area contributed by atoms with E-state index in [4.69, 9.17) is 0 Å². The molecule has 1 fully saturated rings. The molecule has 5 heteroatoms. The highest BCUT2D eigenvalue weighted by Crippen LogP contribution is 2.18. The number of carbonyl (C=O) groups is 2. The zero-order chi connectivity index (χ0) is 14.4. The molecular weight excluding hydrogens is 256 g/mol. The van der Waals surface area contributed by atoms with Crippen molar-refractivity contribution >= 4 is 17.6 Å². The monoisotopic (exact) mass is 276 g/mol. The van der Waals surface area contributed by atoms with Gasteiger partial charge < -0.3 is 15.7 Å². The molecule has 1 saturated carbocycles. The molecule has 0 spiro atoms. The third-order valence-corrected chi connectivity index (χ3v) is 3.54. The van der Waals surface area contributed by atoms with Crippen molar-refractivity contribution in [3.63, 3.8) is 0 Å². The van der Waals surface area contributed by atoms with Crippen molar-refractivity contribution in [2.45, 2.75) is 44.2 Å². The van der Waals surface area contributed by atoms with Gasteiger partial charge in [-0.2, -0.15) is 0 Å². The lowest BCUT2D eigenvalue weighted by atomic mass is 10.1. The summed E-state index contributed by atoms with van der Waals surface area (Å²) in [5.41, 5.74) is 0.683. The number of amides is 1. The Morgan fingerprint density at radius 2 is 1.85 bits per heavy atom. The Labute approximate surface area is 118 Å². The molecule has 0 saturated heterocycles. The molecular formula is C15H20N2O3. The predicted molar refractivity (Wildman–Crippen MR) is 76.5 cm³/mol. The van der Waals surface area contributed by atoms with Crippen LogP contribution < -0.4 is 10.6 Å². The molecule has 1 amide bonds. The van der Waals surface area contributed by atoms with Crippen LogP contribution in [0.15, 0.2) is 30.3 Å². The van der Waals surface area contributed by atoms with E-state index in [1.807, 2.05) is 18.2 Å². The fourth-order valence-corrected chi connectivity index (χ4v) is 2.51. The summed E-state index contributed by atoms with van der Waals surface area (Å²) in [7, 11) is 0. The minimum Gasteiger partial charge on any atom is -0.480 e. The Morgan fingerprint density at radius 1 is 1.20 bits per heavy atom. The van der Waals surface area contributed by atoms with Gasteiger partial charge in [0.25, 0.3) is 0 Å². The zero-order valence-electron chi connectivity index (χ0n) is 11.3. The Morgan fingerprint density at radius 3 is 2.45 bits per heavy atom. The number of hydrogen-bond donors (Lipinski definition) is 3. The van der Waals surface area contributed by atoms with Gasteiger partial charge >= 0.3 is 5.97 Å². The second-order valence-electron chi connectivity index (χ2n) is 5.16. The van der Waals surface area contributed by atoms with E-state index in [0.29, 0.717) is 5.69 Å². The first-order chi connectivity index (χ1) is 9.65. The van der Waals surface area contributed by atoms with Gasteiger partial charge in [-0.1, -0.05) is 31.0 Å². The third kappa shape index (κ3) is 4.35.